The first-order chi connectivity index (χ1) is 17.8. The van der Waals surface area contributed by atoms with Gasteiger partial charge in [-0.3, -0.25) is 0 Å². The van der Waals surface area contributed by atoms with Crippen molar-refractivity contribution in [2.75, 3.05) is 22.9 Å². The maximum absolute atomic E-state index is 6.29. The Bertz CT molecular complexity index is 1250. The van der Waals surface area contributed by atoms with E-state index in [1.807, 2.05) is 0 Å². The van der Waals surface area contributed by atoms with Crippen LogP contribution in [0, 0.1) is 0 Å². The Balaban J connectivity index is 2.14. The lowest BCUT2D eigenvalue weighted by Crippen LogP contribution is -2.16. The highest BCUT2D eigenvalue weighted by Crippen LogP contribution is 2.50. The van der Waals surface area contributed by atoms with Gasteiger partial charge in [0.2, 0.25) is 0 Å². The maximum atomic E-state index is 6.29. The molecule has 0 amide bonds. The zero-order chi connectivity index (χ0) is 28.0. The molecule has 0 radical (unpaired) electrons. The van der Waals surface area contributed by atoms with Crippen molar-refractivity contribution in [3.05, 3.63) is 107 Å². The second-order valence-electron chi connectivity index (χ2n) is 8.55. The van der Waals surface area contributed by atoms with Gasteiger partial charge in [-0.15, -0.1) is 0 Å². The lowest BCUT2D eigenvalue weighted by Gasteiger charge is -2.31. The molecular formula is C26H18Br8N4. The van der Waals surface area contributed by atoms with Crippen molar-refractivity contribution in [2.45, 2.75) is 11.8 Å². The number of nitrogen functional groups attached to an aromatic ring is 4. The number of rotatable bonds is 5. The largest absolute Gasteiger partial charge is 0.397 e. The molecule has 12 heteroatoms. The number of benzene rings is 4. The van der Waals surface area contributed by atoms with Crippen LogP contribution >= 0.6 is 127 Å². The van der Waals surface area contributed by atoms with E-state index in [2.05, 4.69) is 176 Å². The monoisotopic (exact) mass is 1020 g/mol. The number of nitrogens with two attached hydrogens (primary N) is 4. The molecule has 8 N–H and O–H groups in total. The van der Waals surface area contributed by atoms with Crippen LogP contribution in [0.1, 0.15) is 34.1 Å². The SMILES string of the molecule is Nc1c(Br)cc(C(c2cc(Br)c(N)c(Br)c2)C(c2cc(Br)c(N)c(Br)c2)c2cc(Br)c(N)c(Br)c2)cc1Br. The summed E-state index contributed by atoms with van der Waals surface area (Å²) in [4.78, 5) is 0. The van der Waals surface area contributed by atoms with Crippen LogP contribution in [-0.2, 0) is 0 Å². The van der Waals surface area contributed by atoms with Gasteiger partial charge in [-0.25, -0.2) is 0 Å². The van der Waals surface area contributed by atoms with Crippen LogP contribution < -0.4 is 22.9 Å². The average Bonchev–Trinajstić information content (AvgIpc) is 2.85. The molecule has 0 saturated carbocycles. The van der Waals surface area contributed by atoms with Crippen molar-refractivity contribution >= 4 is 150 Å². The summed E-state index contributed by atoms with van der Waals surface area (Å²) in [5.74, 6) is -0.387. The van der Waals surface area contributed by atoms with Gasteiger partial charge in [0.1, 0.15) is 0 Å². The molecule has 4 nitrogen and oxygen atoms in total. The second kappa shape index (κ2) is 12.4. The lowest BCUT2D eigenvalue weighted by molar-refractivity contribution is 0.691. The topological polar surface area (TPSA) is 104 Å². The van der Waals surface area contributed by atoms with Gasteiger partial charge >= 0.3 is 0 Å². The molecule has 4 rings (SSSR count). The molecule has 0 aliphatic rings. The molecule has 38 heavy (non-hydrogen) atoms. The van der Waals surface area contributed by atoms with E-state index >= 15 is 0 Å². The molecule has 0 spiro atoms. The van der Waals surface area contributed by atoms with Gasteiger partial charge in [-0.05, 0) is 198 Å². The van der Waals surface area contributed by atoms with Crippen molar-refractivity contribution in [3.63, 3.8) is 0 Å². The molecule has 0 saturated heterocycles. The highest BCUT2D eigenvalue weighted by Gasteiger charge is 2.32. The third kappa shape index (κ3) is 6.22. The van der Waals surface area contributed by atoms with Crippen molar-refractivity contribution in [3.8, 4) is 0 Å². The number of hydrogen-bond donors (Lipinski definition) is 4. The smallest absolute Gasteiger partial charge is 0.0603 e. The van der Waals surface area contributed by atoms with E-state index in [0.717, 1.165) is 58.0 Å². The normalized spacial score (nSPS) is 11.5. The van der Waals surface area contributed by atoms with E-state index in [4.69, 9.17) is 22.9 Å². The fourth-order valence-corrected chi connectivity index (χ4v) is 9.18. The molecule has 0 fully saturated rings. The molecule has 4 aromatic carbocycles. The molecule has 0 atom stereocenters. The Labute approximate surface area is 288 Å². The third-order valence-electron chi connectivity index (χ3n) is 6.18. The molecule has 4 aromatic rings. The van der Waals surface area contributed by atoms with E-state index in [9.17, 15) is 0 Å². The van der Waals surface area contributed by atoms with Crippen LogP contribution in [0.3, 0.4) is 0 Å². The summed E-state index contributed by atoms with van der Waals surface area (Å²) < 4.78 is 6.32. The summed E-state index contributed by atoms with van der Waals surface area (Å²) in [6.07, 6.45) is 0. The number of halogens is 8. The van der Waals surface area contributed by atoms with Gasteiger partial charge in [0, 0.05) is 47.6 Å². The summed E-state index contributed by atoms with van der Waals surface area (Å²) >= 11 is 29.2. The van der Waals surface area contributed by atoms with Crippen LogP contribution in [-0.4, -0.2) is 0 Å². The average molecular weight is 1030 g/mol. The van der Waals surface area contributed by atoms with Gasteiger partial charge in [0.15, 0.2) is 0 Å². The van der Waals surface area contributed by atoms with Crippen molar-refractivity contribution in [1.82, 2.24) is 0 Å². The summed E-state index contributed by atoms with van der Waals surface area (Å²) in [6.45, 7) is 0. The van der Waals surface area contributed by atoms with E-state index < -0.39 is 0 Å². The minimum Gasteiger partial charge on any atom is -0.397 e. The molecule has 0 unspecified atom stereocenters. The van der Waals surface area contributed by atoms with Crippen molar-refractivity contribution in [2.24, 2.45) is 0 Å². The van der Waals surface area contributed by atoms with Gasteiger partial charge in [0.05, 0.1) is 22.7 Å². The molecular weight excluding hydrogens is 1010 g/mol. The predicted octanol–water partition coefficient (Wildman–Crippen LogP) is 11.1. The first-order valence-electron chi connectivity index (χ1n) is 10.8. The highest BCUT2D eigenvalue weighted by atomic mass is 79.9. The van der Waals surface area contributed by atoms with Gasteiger partial charge in [0.25, 0.3) is 0 Å². The van der Waals surface area contributed by atoms with Gasteiger partial charge < -0.3 is 22.9 Å². The first kappa shape index (κ1) is 30.9. The molecule has 0 aliphatic carbocycles. The van der Waals surface area contributed by atoms with Crippen molar-refractivity contribution < 1.29 is 0 Å². The highest BCUT2D eigenvalue weighted by molar-refractivity contribution is 9.12. The van der Waals surface area contributed by atoms with Crippen LogP contribution in [0.5, 0.6) is 0 Å². The summed E-state index contributed by atoms with van der Waals surface area (Å²) in [7, 11) is 0. The third-order valence-corrected chi connectivity index (χ3v) is 11.4. The van der Waals surface area contributed by atoms with Gasteiger partial charge in [-0.1, -0.05) is 0 Å². The second-order valence-corrected chi connectivity index (χ2v) is 15.4. The zero-order valence-electron chi connectivity index (χ0n) is 19.1. The minimum atomic E-state index is -0.193. The van der Waals surface area contributed by atoms with Crippen molar-refractivity contribution in [1.29, 1.82) is 0 Å². The quantitative estimate of drug-likeness (QED) is 0.150. The molecule has 0 aliphatic heterocycles. The fraction of sp³-hybridized carbons (Fsp3) is 0.0769. The first-order valence-corrected chi connectivity index (χ1v) is 17.1. The Morgan fingerprint density at radius 1 is 0.316 bits per heavy atom. The van der Waals surface area contributed by atoms with E-state index in [1.165, 1.54) is 0 Å². The molecule has 0 aromatic heterocycles. The molecule has 0 bridgehead atoms. The Morgan fingerprint density at radius 2 is 0.447 bits per heavy atom. The molecule has 198 valence electrons. The Morgan fingerprint density at radius 3 is 0.579 bits per heavy atom. The Hall–Kier alpha value is -0.0800. The van der Waals surface area contributed by atoms with E-state index in [0.29, 0.717) is 22.7 Å². The predicted molar refractivity (Wildman–Crippen MR) is 189 cm³/mol. The number of anilines is 4. The summed E-state index contributed by atoms with van der Waals surface area (Å²) in [6, 6.07) is 16.4. The molecule has 0 heterocycles. The maximum Gasteiger partial charge on any atom is 0.0603 e. The fourth-order valence-electron chi connectivity index (χ4n) is 4.29. The lowest BCUT2D eigenvalue weighted by atomic mass is 9.73. The van der Waals surface area contributed by atoms with Crippen LogP contribution in [0.4, 0.5) is 22.7 Å². The summed E-state index contributed by atoms with van der Waals surface area (Å²) in [5.41, 5.74) is 31.8. The Kier molecular flexibility index (Phi) is 10.1. The van der Waals surface area contributed by atoms with Crippen LogP contribution in [0.2, 0.25) is 0 Å². The van der Waals surface area contributed by atoms with E-state index in [1.54, 1.807) is 0 Å². The zero-order valence-corrected chi connectivity index (χ0v) is 31.8. The summed E-state index contributed by atoms with van der Waals surface area (Å²) in [5, 5.41) is 0. The van der Waals surface area contributed by atoms with Crippen LogP contribution in [0.15, 0.2) is 84.3 Å². The standard InChI is InChI=1S/C26H18Br8N4/c27-13-1-9(2-14(28)23(13)35)21(10-3-15(29)24(36)16(30)4-10)22(11-5-17(31)25(37)18(32)6-11)12-7-19(33)26(38)20(34)8-12/h1-8,21-22H,35-38H2. The van der Waals surface area contributed by atoms with E-state index in [-0.39, 0.29) is 11.8 Å². The minimum absolute atomic E-state index is 0.193. The van der Waals surface area contributed by atoms with Gasteiger partial charge in [-0.2, -0.15) is 0 Å². The van der Waals surface area contributed by atoms with Crippen LogP contribution in [0.25, 0.3) is 0 Å². The number of hydrogen-bond acceptors (Lipinski definition) is 4.